The van der Waals surface area contributed by atoms with Gasteiger partial charge in [0.25, 0.3) is 11.8 Å². The number of carbonyl (C=O) groups excluding carboxylic acids is 2. The standard InChI is InChI=1S/C44H56F2N8O6/c1-27-25-59-41-35-29(21-33(45)37(41)51-17-13-49(3)14-18-51)39(55)31(23-53(27)35)43(57)47-11-9-7-5-6-8-10-12-48-44(58)32-24-54-28(2)26-60-42-36(54)30(40(32)56)22-34(46)38(42)52-19-15-50(4)16-20-52/h21-24,27-28H,5-20,25-26H2,1-4H3,(H,47,57)(H,48,58)/t27-,28-/m0/s1. The normalized spacial score (nSPS) is 19.4. The van der Waals surface area contributed by atoms with Crippen LogP contribution >= 0.6 is 0 Å². The van der Waals surface area contributed by atoms with E-state index in [1.807, 2.05) is 46.9 Å². The average molecular weight is 831 g/mol. The molecule has 2 aromatic carbocycles. The van der Waals surface area contributed by atoms with E-state index in [1.165, 1.54) is 12.1 Å². The Bertz CT molecular complexity index is 2250. The van der Waals surface area contributed by atoms with Crippen molar-refractivity contribution in [3.63, 3.8) is 0 Å². The maximum Gasteiger partial charge on any atom is 0.256 e. The average Bonchev–Trinajstić information content (AvgIpc) is 3.23. The van der Waals surface area contributed by atoms with E-state index >= 15 is 8.78 Å². The number of carbonyl (C=O) groups is 2. The van der Waals surface area contributed by atoms with E-state index in [-0.39, 0.29) is 34.0 Å². The molecule has 2 N–H and O–H groups in total. The summed E-state index contributed by atoms with van der Waals surface area (Å²) in [6.45, 7) is 11.0. The fourth-order valence-corrected chi connectivity index (χ4v) is 8.95. The van der Waals surface area contributed by atoms with Gasteiger partial charge in [-0.05, 0) is 52.9 Å². The number of anilines is 2. The van der Waals surface area contributed by atoms with E-state index in [9.17, 15) is 19.2 Å². The van der Waals surface area contributed by atoms with Crippen molar-refractivity contribution < 1.29 is 27.8 Å². The summed E-state index contributed by atoms with van der Waals surface area (Å²) in [5.41, 5.74) is 0.723. The van der Waals surface area contributed by atoms with Gasteiger partial charge in [0.1, 0.15) is 35.7 Å². The summed E-state index contributed by atoms with van der Waals surface area (Å²) in [6, 6.07) is 2.21. The highest BCUT2D eigenvalue weighted by Gasteiger charge is 2.33. The van der Waals surface area contributed by atoms with Gasteiger partial charge in [0, 0.05) is 77.8 Å². The molecule has 14 nitrogen and oxygen atoms in total. The monoisotopic (exact) mass is 830 g/mol. The molecule has 2 fully saturated rings. The van der Waals surface area contributed by atoms with E-state index in [4.69, 9.17) is 9.47 Å². The van der Waals surface area contributed by atoms with Crippen molar-refractivity contribution in [1.29, 1.82) is 0 Å². The van der Waals surface area contributed by atoms with Crippen molar-refractivity contribution in [3.8, 4) is 11.5 Å². The lowest BCUT2D eigenvalue weighted by molar-refractivity contribution is 0.0942. The third-order valence-corrected chi connectivity index (χ3v) is 12.6. The number of unbranched alkanes of at least 4 members (excludes halogenated alkanes) is 5. The molecule has 8 rings (SSSR count). The Morgan fingerprint density at radius 1 is 0.617 bits per heavy atom. The Morgan fingerprint density at radius 3 is 1.37 bits per heavy atom. The molecule has 4 aliphatic rings. The predicted octanol–water partition coefficient (Wildman–Crippen LogP) is 4.51. The molecular formula is C44H56F2N8O6. The first-order valence-corrected chi connectivity index (χ1v) is 21.4. The second kappa shape index (κ2) is 17.4. The first-order chi connectivity index (χ1) is 28.9. The minimum atomic E-state index is -0.526. The molecule has 0 saturated carbocycles. The highest BCUT2D eigenvalue weighted by atomic mass is 19.1. The molecule has 2 atom stereocenters. The van der Waals surface area contributed by atoms with Crippen molar-refractivity contribution in [1.82, 2.24) is 29.6 Å². The molecule has 0 aliphatic carbocycles. The van der Waals surface area contributed by atoms with E-state index in [0.717, 1.165) is 64.7 Å². The Kier molecular flexibility index (Phi) is 12.0. The van der Waals surface area contributed by atoms with Crippen LogP contribution < -0.4 is 40.8 Å². The molecule has 16 heteroatoms. The molecule has 2 aromatic heterocycles. The van der Waals surface area contributed by atoms with Crippen LogP contribution in [0.25, 0.3) is 21.8 Å². The van der Waals surface area contributed by atoms with Crippen LogP contribution in [-0.4, -0.2) is 124 Å². The molecular weight excluding hydrogens is 775 g/mol. The van der Waals surface area contributed by atoms with Gasteiger partial charge in [0.05, 0.1) is 33.9 Å². The van der Waals surface area contributed by atoms with Crippen LogP contribution in [0, 0.1) is 11.6 Å². The van der Waals surface area contributed by atoms with Crippen LogP contribution in [0.5, 0.6) is 11.5 Å². The second-order valence-corrected chi connectivity index (χ2v) is 17.0. The lowest BCUT2D eigenvalue weighted by atomic mass is 10.0. The van der Waals surface area contributed by atoms with Crippen LogP contribution in [0.2, 0.25) is 0 Å². The topological polar surface area (TPSA) is 134 Å². The summed E-state index contributed by atoms with van der Waals surface area (Å²) < 4.78 is 47.3. The first kappa shape index (κ1) is 41.5. The van der Waals surface area contributed by atoms with Crippen LogP contribution in [0.4, 0.5) is 20.2 Å². The third-order valence-electron chi connectivity index (χ3n) is 12.6. The number of ether oxygens (including phenoxy) is 2. The quantitative estimate of drug-likeness (QED) is 0.186. The largest absolute Gasteiger partial charge is 0.487 e. The van der Waals surface area contributed by atoms with Gasteiger partial charge in [-0.2, -0.15) is 0 Å². The van der Waals surface area contributed by atoms with Crippen molar-refractivity contribution in [2.24, 2.45) is 0 Å². The molecule has 0 bridgehead atoms. The molecule has 2 amide bonds. The zero-order valence-electron chi connectivity index (χ0n) is 35.1. The number of piperazine rings is 2. The number of likely N-dealkylation sites (N-methyl/N-ethyl adjacent to an activating group) is 2. The summed E-state index contributed by atoms with van der Waals surface area (Å²) >= 11 is 0. The molecule has 322 valence electrons. The van der Waals surface area contributed by atoms with Gasteiger partial charge < -0.3 is 48.8 Å². The Balaban J connectivity index is 0.812. The number of pyridine rings is 2. The Morgan fingerprint density at radius 2 is 0.983 bits per heavy atom. The molecule has 0 spiro atoms. The van der Waals surface area contributed by atoms with E-state index in [2.05, 4.69) is 20.4 Å². The number of hydrogen-bond acceptors (Lipinski definition) is 10. The van der Waals surface area contributed by atoms with E-state index in [1.54, 1.807) is 12.4 Å². The number of nitrogens with one attached hydrogen (secondary N) is 2. The minimum absolute atomic E-state index is 0.0161. The maximum atomic E-state index is 15.7. The van der Waals surface area contributed by atoms with Crippen LogP contribution in [0.15, 0.2) is 34.1 Å². The van der Waals surface area contributed by atoms with Crippen molar-refractivity contribution in [2.75, 3.05) is 103 Å². The molecule has 0 unspecified atom stereocenters. The summed E-state index contributed by atoms with van der Waals surface area (Å²) in [4.78, 5) is 62.1. The van der Waals surface area contributed by atoms with Crippen LogP contribution in [0.1, 0.15) is 85.2 Å². The van der Waals surface area contributed by atoms with E-state index in [0.29, 0.717) is 86.4 Å². The predicted molar refractivity (Wildman–Crippen MR) is 229 cm³/mol. The number of amides is 2. The number of rotatable bonds is 13. The number of aromatic nitrogens is 2. The van der Waals surface area contributed by atoms with Gasteiger partial charge in [0.2, 0.25) is 10.9 Å². The third kappa shape index (κ3) is 7.91. The summed E-state index contributed by atoms with van der Waals surface area (Å²) in [6.07, 6.45) is 8.17. The fourth-order valence-electron chi connectivity index (χ4n) is 8.95. The second-order valence-electron chi connectivity index (χ2n) is 17.0. The molecule has 60 heavy (non-hydrogen) atoms. The maximum absolute atomic E-state index is 15.7. The van der Waals surface area contributed by atoms with Crippen LogP contribution in [0.3, 0.4) is 0 Å². The Hall–Kier alpha value is -5.22. The zero-order chi connectivity index (χ0) is 42.2. The van der Waals surface area contributed by atoms with Crippen LogP contribution in [-0.2, 0) is 0 Å². The molecule has 0 radical (unpaired) electrons. The lowest BCUT2D eigenvalue weighted by Gasteiger charge is -2.37. The lowest BCUT2D eigenvalue weighted by Crippen LogP contribution is -2.45. The number of nitrogens with zero attached hydrogens (tertiary/aromatic N) is 6. The Labute approximate surface area is 348 Å². The zero-order valence-corrected chi connectivity index (χ0v) is 35.1. The van der Waals surface area contributed by atoms with Gasteiger partial charge in [-0.25, -0.2) is 8.78 Å². The molecule has 2 saturated heterocycles. The molecule has 4 aliphatic heterocycles. The highest BCUT2D eigenvalue weighted by molar-refractivity contribution is 6.01. The summed E-state index contributed by atoms with van der Waals surface area (Å²) in [5.74, 6) is -1.29. The fraction of sp³-hybridized carbons (Fsp3) is 0.545. The number of benzene rings is 2. The van der Waals surface area contributed by atoms with Gasteiger partial charge in [-0.15, -0.1) is 0 Å². The van der Waals surface area contributed by atoms with Crippen molar-refractivity contribution in [2.45, 2.75) is 64.5 Å². The smallest absolute Gasteiger partial charge is 0.256 e. The van der Waals surface area contributed by atoms with Gasteiger partial charge in [0.15, 0.2) is 23.1 Å². The molecule has 4 aromatic rings. The molecule has 6 heterocycles. The SMILES string of the molecule is C[C@H]1COc2c(N3CCN(C)CC3)c(F)cc3c(=O)c(C(=O)NCCCCCCCCNC(=O)c4cn5c6c(c(N7CCN(C)CC7)c(F)cc6c4=O)OC[C@@H]5C)cn1c23. The highest BCUT2D eigenvalue weighted by Crippen LogP contribution is 2.43. The number of halogens is 2. The summed E-state index contributed by atoms with van der Waals surface area (Å²) in [7, 11) is 4.06. The minimum Gasteiger partial charge on any atom is -0.487 e. The van der Waals surface area contributed by atoms with Gasteiger partial charge in [-0.3, -0.25) is 19.2 Å². The van der Waals surface area contributed by atoms with Crippen molar-refractivity contribution in [3.05, 3.63) is 67.7 Å². The van der Waals surface area contributed by atoms with Gasteiger partial charge in [-0.1, -0.05) is 25.7 Å². The van der Waals surface area contributed by atoms with E-state index < -0.39 is 34.3 Å². The first-order valence-electron chi connectivity index (χ1n) is 21.4. The summed E-state index contributed by atoms with van der Waals surface area (Å²) in [5, 5.41) is 6.04. The van der Waals surface area contributed by atoms with Gasteiger partial charge >= 0.3 is 0 Å². The number of hydrogen-bond donors (Lipinski definition) is 2. The van der Waals surface area contributed by atoms with Crippen molar-refractivity contribution >= 4 is 45.0 Å².